The van der Waals surface area contributed by atoms with Gasteiger partial charge in [0.1, 0.15) is 5.69 Å². The van der Waals surface area contributed by atoms with Crippen LogP contribution in [0.2, 0.25) is 5.02 Å². The Kier molecular flexibility index (Phi) is 7.03. The number of nitrogens with one attached hydrogen (secondary N) is 1. The van der Waals surface area contributed by atoms with Crippen LogP contribution in [0.1, 0.15) is 11.9 Å². The van der Waals surface area contributed by atoms with E-state index in [4.69, 9.17) is 21.4 Å². The Labute approximate surface area is 188 Å². The normalized spacial score (nSPS) is 12.6. The molecule has 3 rings (SSSR count). The predicted molar refractivity (Wildman–Crippen MR) is 113 cm³/mol. The molecule has 166 valence electrons. The highest BCUT2D eigenvalue weighted by atomic mass is 35.5. The number of carbonyl (C=O) groups excluding carboxylic acids is 1. The fourth-order valence-corrected chi connectivity index (χ4v) is 4.24. The standard InChI is InChI=1S/C20H17ClN4O6S/c1-22-20(31-19(28)9-8-18(26)27)15-11-17(32(29,30)13-5-4-10-23-12-13)25(24-15)16-7-3-2-6-14(16)21/h2-12,20,22H,1H3,(H,26,27)/b9-8+. The van der Waals surface area contributed by atoms with Crippen LogP contribution in [0.15, 0.2) is 76.9 Å². The van der Waals surface area contributed by atoms with E-state index in [0.29, 0.717) is 6.08 Å². The number of carboxylic acid groups (broad SMARTS) is 1. The average molecular weight is 477 g/mol. The van der Waals surface area contributed by atoms with E-state index in [-0.39, 0.29) is 26.3 Å². The lowest BCUT2D eigenvalue weighted by molar-refractivity contribution is -0.145. The van der Waals surface area contributed by atoms with Gasteiger partial charge in [0.15, 0.2) is 11.3 Å². The van der Waals surface area contributed by atoms with Crippen molar-refractivity contribution in [3.8, 4) is 5.69 Å². The van der Waals surface area contributed by atoms with Crippen molar-refractivity contribution in [3.05, 3.63) is 77.7 Å². The van der Waals surface area contributed by atoms with Crippen LogP contribution in [0.4, 0.5) is 0 Å². The SMILES string of the molecule is CNC(OC(=O)/C=C/C(=O)O)c1cc(S(=O)(=O)c2cccnc2)n(-c2ccccc2Cl)n1. The van der Waals surface area contributed by atoms with Crippen molar-refractivity contribution >= 4 is 33.4 Å². The Balaban J connectivity index is 2.12. The molecule has 1 aromatic carbocycles. The second-order valence-corrected chi connectivity index (χ2v) is 8.54. The van der Waals surface area contributed by atoms with E-state index >= 15 is 0 Å². The number of esters is 1. The monoisotopic (exact) mass is 476 g/mol. The molecule has 0 aliphatic heterocycles. The highest BCUT2D eigenvalue weighted by molar-refractivity contribution is 7.91. The van der Waals surface area contributed by atoms with E-state index in [2.05, 4.69) is 15.4 Å². The van der Waals surface area contributed by atoms with E-state index in [0.717, 1.165) is 10.8 Å². The van der Waals surface area contributed by atoms with Gasteiger partial charge in [0.05, 0.1) is 15.6 Å². The lowest BCUT2D eigenvalue weighted by Gasteiger charge is -2.13. The molecular formula is C20H17ClN4O6S. The van der Waals surface area contributed by atoms with E-state index in [1.165, 1.54) is 37.6 Å². The highest BCUT2D eigenvalue weighted by Crippen LogP contribution is 2.29. The van der Waals surface area contributed by atoms with Crippen LogP contribution in [0.3, 0.4) is 0 Å². The molecule has 0 saturated carbocycles. The van der Waals surface area contributed by atoms with Gasteiger partial charge in [-0.1, -0.05) is 23.7 Å². The van der Waals surface area contributed by atoms with Gasteiger partial charge in [-0.15, -0.1) is 0 Å². The zero-order valence-corrected chi connectivity index (χ0v) is 18.1. The molecule has 32 heavy (non-hydrogen) atoms. The molecule has 0 aliphatic rings. The second kappa shape index (κ2) is 9.73. The van der Waals surface area contributed by atoms with Crippen molar-refractivity contribution in [2.45, 2.75) is 16.1 Å². The molecule has 2 heterocycles. The summed E-state index contributed by atoms with van der Waals surface area (Å²) in [6.45, 7) is 0. The lowest BCUT2D eigenvalue weighted by atomic mass is 10.3. The molecule has 0 amide bonds. The minimum atomic E-state index is -4.09. The highest BCUT2D eigenvalue weighted by Gasteiger charge is 2.29. The molecule has 0 spiro atoms. The number of nitrogens with zero attached hydrogens (tertiary/aromatic N) is 3. The maximum absolute atomic E-state index is 13.3. The molecule has 0 radical (unpaired) electrons. The molecule has 10 nitrogen and oxygen atoms in total. The third kappa shape index (κ3) is 5.02. The smallest absolute Gasteiger partial charge is 0.332 e. The number of sulfone groups is 1. The zero-order chi connectivity index (χ0) is 23.3. The van der Waals surface area contributed by atoms with E-state index in [9.17, 15) is 18.0 Å². The quantitative estimate of drug-likeness (QED) is 0.284. The van der Waals surface area contributed by atoms with Crippen LogP contribution < -0.4 is 5.32 Å². The largest absolute Gasteiger partial charge is 0.478 e. The van der Waals surface area contributed by atoms with Gasteiger partial charge < -0.3 is 9.84 Å². The molecule has 0 aliphatic carbocycles. The van der Waals surface area contributed by atoms with Crippen LogP contribution in [0.25, 0.3) is 5.69 Å². The summed E-state index contributed by atoms with van der Waals surface area (Å²) in [5, 5.41) is 15.7. The molecule has 12 heteroatoms. The fraction of sp³-hybridized carbons (Fsp3) is 0.100. The van der Waals surface area contributed by atoms with Crippen molar-refractivity contribution < 1.29 is 27.9 Å². The number of aromatic nitrogens is 3. The number of hydrogen-bond donors (Lipinski definition) is 2. The maximum atomic E-state index is 13.3. The molecule has 3 aromatic rings. The summed E-state index contributed by atoms with van der Waals surface area (Å²) in [5.74, 6) is -2.29. The number of halogens is 1. The van der Waals surface area contributed by atoms with Gasteiger partial charge in [0.25, 0.3) is 0 Å². The summed E-state index contributed by atoms with van der Waals surface area (Å²) in [6.07, 6.45) is 2.82. The Morgan fingerprint density at radius 1 is 1.22 bits per heavy atom. The number of aliphatic carboxylic acids is 1. The minimum Gasteiger partial charge on any atom is -0.478 e. The first-order valence-corrected chi connectivity index (χ1v) is 10.9. The van der Waals surface area contributed by atoms with Crippen molar-refractivity contribution in [3.63, 3.8) is 0 Å². The Bertz CT molecular complexity index is 1270. The molecule has 2 N–H and O–H groups in total. The number of carboxylic acids is 1. The summed E-state index contributed by atoms with van der Waals surface area (Å²) < 4.78 is 32.9. The van der Waals surface area contributed by atoms with Gasteiger partial charge >= 0.3 is 11.9 Å². The number of pyridine rings is 1. The molecule has 1 atom stereocenters. The van der Waals surface area contributed by atoms with Gasteiger partial charge in [-0.05, 0) is 31.3 Å². The number of para-hydroxylation sites is 1. The maximum Gasteiger partial charge on any atom is 0.332 e. The Morgan fingerprint density at radius 2 is 1.97 bits per heavy atom. The van der Waals surface area contributed by atoms with Gasteiger partial charge in [-0.3, -0.25) is 10.3 Å². The van der Waals surface area contributed by atoms with Crippen molar-refractivity contribution in [1.29, 1.82) is 0 Å². The molecule has 0 fully saturated rings. The predicted octanol–water partition coefficient (Wildman–Crippen LogP) is 2.16. The molecule has 0 saturated heterocycles. The Hall–Kier alpha value is -3.54. The summed E-state index contributed by atoms with van der Waals surface area (Å²) in [6, 6.07) is 10.6. The first kappa shape index (κ1) is 23.1. The summed E-state index contributed by atoms with van der Waals surface area (Å²) in [5.41, 5.74) is 0.335. The average Bonchev–Trinajstić information content (AvgIpc) is 3.23. The van der Waals surface area contributed by atoms with Gasteiger partial charge in [0, 0.05) is 30.6 Å². The number of rotatable bonds is 8. The number of benzene rings is 1. The van der Waals surface area contributed by atoms with Gasteiger partial charge in [-0.25, -0.2) is 22.7 Å². The minimum absolute atomic E-state index is 0.0481. The van der Waals surface area contributed by atoms with Crippen LogP contribution in [-0.2, 0) is 24.2 Å². The summed E-state index contributed by atoms with van der Waals surface area (Å²) >= 11 is 6.27. The molecular weight excluding hydrogens is 460 g/mol. The first-order chi connectivity index (χ1) is 15.2. The zero-order valence-electron chi connectivity index (χ0n) is 16.5. The molecule has 1 unspecified atom stereocenters. The van der Waals surface area contributed by atoms with Crippen molar-refractivity contribution in [1.82, 2.24) is 20.1 Å². The van der Waals surface area contributed by atoms with E-state index < -0.39 is 28.0 Å². The van der Waals surface area contributed by atoms with E-state index in [1.54, 1.807) is 24.3 Å². The number of carbonyl (C=O) groups is 2. The third-order valence-electron chi connectivity index (χ3n) is 4.12. The lowest BCUT2D eigenvalue weighted by Crippen LogP contribution is -2.23. The van der Waals surface area contributed by atoms with E-state index in [1.807, 2.05) is 0 Å². The first-order valence-electron chi connectivity index (χ1n) is 9.03. The summed E-state index contributed by atoms with van der Waals surface area (Å²) in [7, 11) is -2.63. The Morgan fingerprint density at radius 3 is 2.59 bits per heavy atom. The van der Waals surface area contributed by atoms with Gasteiger partial charge in [0.2, 0.25) is 9.84 Å². The van der Waals surface area contributed by atoms with Crippen molar-refractivity contribution in [2.24, 2.45) is 0 Å². The molecule has 2 aromatic heterocycles. The third-order valence-corrected chi connectivity index (χ3v) is 6.15. The summed E-state index contributed by atoms with van der Waals surface area (Å²) in [4.78, 5) is 26.3. The van der Waals surface area contributed by atoms with Crippen LogP contribution in [0.5, 0.6) is 0 Å². The number of ether oxygens (including phenoxy) is 1. The van der Waals surface area contributed by atoms with Crippen LogP contribution >= 0.6 is 11.6 Å². The van der Waals surface area contributed by atoms with Crippen molar-refractivity contribution in [2.75, 3.05) is 7.05 Å². The topological polar surface area (TPSA) is 140 Å². The molecule has 0 bridgehead atoms. The van der Waals surface area contributed by atoms with Crippen LogP contribution in [0, 0.1) is 0 Å². The fourth-order valence-electron chi connectivity index (χ4n) is 2.69. The number of hydrogen-bond acceptors (Lipinski definition) is 8. The second-order valence-electron chi connectivity index (χ2n) is 6.24. The van der Waals surface area contributed by atoms with Gasteiger partial charge in [-0.2, -0.15) is 5.10 Å². The van der Waals surface area contributed by atoms with Crippen LogP contribution in [-0.4, -0.2) is 47.3 Å².